The van der Waals surface area contributed by atoms with Crippen LogP contribution in [0.1, 0.15) is 58.7 Å². The largest absolute Gasteiger partial charge is 0.474 e. The van der Waals surface area contributed by atoms with Crippen molar-refractivity contribution >= 4 is 23.0 Å². The first-order valence-corrected chi connectivity index (χ1v) is 13.0. The lowest BCUT2D eigenvalue weighted by Gasteiger charge is -2.27. The molecule has 1 aliphatic carbocycles. The van der Waals surface area contributed by atoms with Crippen LogP contribution in [0.3, 0.4) is 0 Å². The van der Waals surface area contributed by atoms with Gasteiger partial charge in [-0.2, -0.15) is 9.97 Å². The van der Waals surface area contributed by atoms with Gasteiger partial charge >= 0.3 is 5.97 Å². The zero-order chi connectivity index (χ0) is 26.9. The number of rotatable bonds is 7. The van der Waals surface area contributed by atoms with E-state index >= 15 is 0 Å². The van der Waals surface area contributed by atoms with Crippen LogP contribution in [0.5, 0.6) is 5.88 Å². The summed E-state index contributed by atoms with van der Waals surface area (Å²) in [4.78, 5) is 27.7. The number of carbonyl (C=O) groups is 1. The molecule has 204 valence electrons. The second-order valence-electron chi connectivity index (χ2n) is 10.8. The van der Waals surface area contributed by atoms with E-state index in [0.29, 0.717) is 62.0 Å². The predicted octanol–water partition coefficient (Wildman–Crippen LogP) is 4.87. The maximum atomic E-state index is 14.1. The fraction of sp³-hybridized carbons (Fsp3) is 0.556. The summed E-state index contributed by atoms with van der Waals surface area (Å²) in [5.74, 6) is 0.511. The van der Waals surface area contributed by atoms with Crippen molar-refractivity contribution in [3.63, 3.8) is 0 Å². The Hall–Kier alpha value is -3.34. The van der Waals surface area contributed by atoms with Crippen molar-refractivity contribution in [2.45, 2.75) is 64.6 Å². The number of ether oxygens (including phenoxy) is 3. The number of halogens is 2. The van der Waals surface area contributed by atoms with E-state index in [9.17, 15) is 13.6 Å². The normalized spacial score (nSPS) is 20.3. The fourth-order valence-corrected chi connectivity index (χ4v) is 5.02. The molecule has 38 heavy (non-hydrogen) atoms. The molecule has 0 amide bonds. The molecule has 0 radical (unpaired) electrons. The molecule has 2 fully saturated rings. The number of benzene rings is 1. The molecule has 1 saturated carbocycles. The molecule has 3 heterocycles. The highest BCUT2D eigenvalue weighted by Crippen LogP contribution is 2.34. The number of carbonyl (C=O) groups excluding carboxylic acids is 1. The van der Waals surface area contributed by atoms with Gasteiger partial charge in [0.05, 0.1) is 24.2 Å². The quantitative estimate of drug-likeness (QED) is 0.401. The summed E-state index contributed by atoms with van der Waals surface area (Å²) in [5.41, 5.74) is 0.462. The Balaban J connectivity index is 1.43. The van der Waals surface area contributed by atoms with Gasteiger partial charge in [-0.3, -0.25) is 9.36 Å². The lowest BCUT2D eigenvalue weighted by molar-refractivity contribution is -0.155. The lowest BCUT2D eigenvalue weighted by atomic mass is 10.0. The van der Waals surface area contributed by atoms with E-state index in [1.165, 1.54) is 4.57 Å². The van der Waals surface area contributed by atoms with Gasteiger partial charge in [0, 0.05) is 25.6 Å². The van der Waals surface area contributed by atoms with Gasteiger partial charge in [-0.05, 0) is 58.1 Å². The summed E-state index contributed by atoms with van der Waals surface area (Å²) in [5, 5.41) is 0. The molecule has 0 spiro atoms. The minimum atomic E-state index is -2.79. The number of fused-ring (bicyclic) bond motifs is 1. The van der Waals surface area contributed by atoms with Gasteiger partial charge < -0.3 is 19.1 Å². The predicted molar refractivity (Wildman–Crippen MR) is 137 cm³/mol. The van der Waals surface area contributed by atoms with E-state index in [1.54, 1.807) is 30.3 Å². The highest BCUT2D eigenvalue weighted by Gasteiger charge is 2.31. The van der Waals surface area contributed by atoms with Gasteiger partial charge in [0.15, 0.2) is 5.82 Å². The molecule has 11 heteroatoms. The maximum absolute atomic E-state index is 14.1. The Bertz CT molecular complexity index is 1290. The van der Waals surface area contributed by atoms with Crippen molar-refractivity contribution in [1.82, 2.24) is 19.5 Å². The highest BCUT2D eigenvalue weighted by atomic mass is 19.3. The van der Waals surface area contributed by atoms with Gasteiger partial charge in [0.25, 0.3) is 6.43 Å². The van der Waals surface area contributed by atoms with Crippen molar-refractivity contribution in [2.24, 2.45) is 5.92 Å². The minimum absolute atomic E-state index is 0.151. The zero-order valence-corrected chi connectivity index (χ0v) is 21.9. The maximum Gasteiger partial charge on any atom is 0.306 e. The van der Waals surface area contributed by atoms with E-state index < -0.39 is 12.0 Å². The third-order valence-electron chi connectivity index (χ3n) is 6.64. The van der Waals surface area contributed by atoms with Gasteiger partial charge in [-0.15, -0.1) is 0 Å². The Labute approximate surface area is 220 Å². The summed E-state index contributed by atoms with van der Waals surface area (Å²) in [7, 11) is 0. The second-order valence-corrected chi connectivity index (χ2v) is 10.8. The topological polar surface area (TPSA) is 91.6 Å². The van der Waals surface area contributed by atoms with Crippen LogP contribution in [0.25, 0.3) is 16.9 Å². The molecule has 1 aliphatic heterocycles. The molecule has 5 rings (SSSR count). The van der Waals surface area contributed by atoms with Crippen LogP contribution in [-0.2, 0) is 14.3 Å². The highest BCUT2D eigenvalue weighted by molar-refractivity contribution is 5.78. The van der Waals surface area contributed by atoms with Crippen molar-refractivity contribution in [3.05, 3.63) is 36.2 Å². The molecule has 2 atom stereocenters. The fourth-order valence-electron chi connectivity index (χ4n) is 5.02. The van der Waals surface area contributed by atoms with Crippen LogP contribution in [0.15, 0.2) is 30.3 Å². The number of morpholine rings is 1. The summed E-state index contributed by atoms with van der Waals surface area (Å²) in [6.45, 7) is 7.77. The molecule has 0 N–H and O–H groups in total. The van der Waals surface area contributed by atoms with Crippen LogP contribution in [0.4, 0.5) is 14.7 Å². The smallest absolute Gasteiger partial charge is 0.306 e. The van der Waals surface area contributed by atoms with Crippen molar-refractivity contribution in [2.75, 3.05) is 31.2 Å². The third-order valence-corrected chi connectivity index (χ3v) is 6.64. The van der Waals surface area contributed by atoms with Crippen LogP contribution in [0, 0.1) is 5.92 Å². The second kappa shape index (κ2) is 10.8. The first-order valence-electron chi connectivity index (χ1n) is 13.0. The number of hydrogen-bond acceptors (Lipinski definition) is 8. The van der Waals surface area contributed by atoms with E-state index in [1.807, 2.05) is 25.7 Å². The molecular weight excluding hydrogens is 496 g/mol. The van der Waals surface area contributed by atoms with Gasteiger partial charge in [0.2, 0.25) is 11.8 Å². The summed E-state index contributed by atoms with van der Waals surface area (Å²) >= 11 is 0. The average molecular weight is 530 g/mol. The summed E-state index contributed by atoms with van der Waals surface area (Å²) in [6.07, 6.45) is -0.337. The van der Waals surface area contributed by atoms with Gasteiger partial charge in [-0.25, -0.2) is 13.8 Å². The number of imidazole rings is 1. The van der Waals surface area contributed by atoms with Crippen molar-refractivity contribution < 1.29 is 27.8 Å². The molecule has 0 unspecified atom stereocenters. The first-order chi connectivity index (χ1) is 18.2. The lowest BCUT2D eigenvalue weighted by Crippen LogP contribution is -2.37. The number of aromatic nitrogens is 4. The zero-order valence-electron chi connectivity index (χ0n) is 21.9. The Morgan fingerprint density at radius 3 is 2.63 bits per heavy atom. The van der Waals surface area contributed by atoms with E-state index in [0.717, 1.165) is 12.8 Å². The molecular formula is C27H33F2N5O4. The number of nitrogens with zero attached hydrogens (tertiary/aromatic N) is 5. The van der Waals surface area contributed by atoms with E-state index in [-0.39, 0.29) is 29.6 Å². The molecule has 1 aromatic carbocycles. The minimum Gasteiger partial charge on any atom is -0.474 e. The molecule has 2 aliphatic rings. The van der Waals surface area contributed by atoms with Crippen molar-refractivity contribution in [1.29, 1.82) is 0 Å². The van der Waals surface area contributed by atoms with Crippen LogP contribution < -0.4 is 9.64 Å². The monoisotopic (exact) mass is 529 g/mol. The van der Waals surface area contributed by atoms with E-state index in [4.69, 9.17) is 14.2 Å². The number of anilines is 1. The molecule has 1 saturated heterocycles. The van der Waals surface area contributed by atoms with Crippen molar-refractivity contribution in [3.8, 4) is 11.7 Å². The Morgan fingerprint density at radius 2 is 1.89 bits per heavy atom. The molecule has 2 aromatic heterocycles. The van der Waals surface area contributed by atoms with Crippen LogP contribution in [0.2, 0.25) is 0 Å². The number of esters is 1. The molecule has 0 bridgehead atoms. The average Bonchev–Trinajstić information content (AvgIpc) is 3.47. The number of para-hydroxylation sites is 2. The van der Waals surface area contributed by atoms with Crippen LogP contribution >= 0.6 is 0 Å². The Kier molecular flexibility index (Phi) is 7.47. The Morgan fingerprint density at radius 1 is 1.13 bits per heavy atom. The summed E-state index contributed by atoms with van der Waals surface area (Å²) < 4.78 is 46.7. The number of hydrogen-bond donors (Lipinski definition) is 0. The summed E-state index contributed by atoms with van der Waals surface area (Å²) in [6, 6.07) is 8.56. The van der Waals surface area contributed by atoms with Gasteiger partial charge in [0.1, 0.15) is 17.5 Å². The standard InChI is InChI=1S/C27H33F2N5O4/c1-27(2,3)38-23(35)15-17-8-9-18(14-17)37-22-16-21(31-26(32-22)33-10-12-36-13-11-33)34-20-7-5-4-6-19(20)30-25(34)24(28)29/h4-7,16-18,24H,8-15H2,1-3H3/t17-,18-/m0/s1. The van der Waals surface area contributed by atoms with Gasteiger partial charge in [-0.1, -0.05) is 12.1 Å². The third kappa shape index (κ3) is 6.03. The van der Waals surface area contributed by atoms with Crippen LogP contribution in [-0.4, -0.2) is 63.5 Å². The molecule has 9 nitrogen and oxygen atoms in total. The number of alkyl halides is 2. The first kappa shape index (κ1) is 26.3. The van der Waals surface area contributed by atoms with E-state index in [2.05, 4.69) is 15.0 Å². The molecule has 3 aromatic rings. The SMILES string of the molecule is CC(C)(C)OC(=O)C[C@H]1CC[C@H](Oc2cc(-n3c(C(F)F)nc4ccccc43)nc(N3CCOCC3)n2)C1.